The maximum atomic E-state index is 2.55. The van der Waals surface area contributed by atoms with Crippen molar-refractivity contribution in [2.24, 2.45) is 0 Å². The summed E-state index contributed by atoms with van der Waals surface area (Å²) in [5.74, 6) is 2.56. The summed E-state index contributed by atoms with van der Waals surface area (Å²) in [6, 6.07) is 49.7. The molecule has 0 nitrogen and oxygen atoms in total. The van der Waals surface area contributed by atoms with Gasteiger partial charge in [0.2, 0.25) is 0 Å². The van der Waals surface area contributed by atoms with Crippen LogP contribution in [0.2, 0.25) is 0 Å². The van der Waals surface area contributed by atoms with Crippen LogP contribution in [-0.2, 0) is 0 Å². The van der Waals surface area contributed by atoms with Gasteiger partial charge in [-0.05, 0) is 0 Å². The summed E-state index contributed by atoms with van der Waals surface area (Å²) < 4.78 is 3.12. The quantitative estimate of drug-likeness (QED) is 0.0805. The Bertz CT molecular complexity index is 2050. The van der Waals surface area contributed by atoms with Crippen molar-refractivity contribution in [3.63, 3.8) is 0 Å². The average molecular weight is 817 g/mol. The molecule has 0 aliphatic heterocycles. The van der Waals surface area contributed by atoms with Crippen LogP contribution in [0.4, 0.5) is 0 Å². The van der Waals surface area contributed by atoms with Crippen LogP contribution in [0.5, 0.6) is 0 Å². The van der Waals surface area contributed by atoms with E-state index in [9.17, 15) is 0 Å². The summed E-state index contributed by atoms with van der Waals surface area (Å²) in [5, 5.41) is 4.42. The topological polar surface area (TPSA) is 0 Å². The Morgan fingerprint density at radius 1 is 0.375 bits per heavy atom. The fourth-order valence-corrected chi connectivity index (χ4v) is 14.8. The van der Waals surface area contributed by atoms with E-state index in [0.29, 0.717) is 35.5 Å². The molecule has 2 radical (unpaired) electrons. The van der Waals surface area contributed by atoms with E-state index in [1.165, 1.54) is 71.5 Å². The van der Waals surface area contributed by atoms with E-state index in [0.717, 1.165) is 0 Å². The summed E-state index contributed by atoms with van der Waals surface area (Å²) in [6.45, 7) is 28.6. The summed E-state index contributed by atoms with van der Waals surface area (Å²) in [6.07, 6.45) is 0. The monoisotopic (exact) mass is 817 g/mol. The molecule has 56 heavy (non-hydrogen) atoms. The third-order valence-electron chi connectivity index (χ3n) is 11.4. The Balaban J connectivity index is 1.74. The van der Waals surface area contributed by atoms with Crippen LogP contribution in [-0.4, -0.2) is 15.4 Å². The molecule has 0 fully saturated rings. The van der Waals surface area contributed by atoms with Crippen molar-refractivity contribution in [2.75, 3.05) is 0 Å². The van der Waals surface area contributed by atoms with E-state index in [1.807, 2.05) is 0 Å². The van der Waals surface area contributed by atoms with Crippen LogP contribution in [0.25, 0.3) is 22.3 Å². The van der Waals surface area contributed by atoms with Gasteiger partial charge in [-0.2, -0.15) is 0 Å². The molecule has 0 unspecified atom stereocenters. The van der Waals surface area contributed by atoms with Crippen LogP contribution in [0, 0.1) is 0 Å². The molecule has 0 bridgehead atoms. The van der Waals surface area contributed by atoms with Crippen molar-refractivity contribution in [3.8, 4) is 22.3 Å². The van der Waals surface area contributed by atoms with Gasteiger partial charge in [-0.15, -0.1) is 0 Å². The number of hydrogen-bond donors (Lipinski definition) is 0. The van der Waals surface area contributed by atoms with Crippen LogP contribution in [0.1, 0.15) is 152 Å². The molecule has 0 saturated heterocycles. The van der Waals surface area contributed by atoms with E-state index >= 15 is 0 Å². The molecule has 0 atom stereocenters. The predicted molar refractivity (Wildman–Crippen MR) is 253 cm³/mol. The Morgan fingerprint density at radius 3 is 1.09 bits per heavy atom. The van der Waals surface area contributed by atoms with E-state index in [-0.39, 0.29) is 0 Å². The molecule has 6 aromatic rings. The fourth-order valence-electron chi connectivity index (χ4n) is 8.27. The SMILES string of the molecule is CC(C)c1cc(C(C)C)c(-c2cccc(-c3c(C(C)C)cc(C(C)C)cc3C(C)C)[c]2[Ge][c]2ccccc2[PH+](c2ccccc2)c2ccccc2)c(C(C)C)c1. The second kappa shape index (κ2) is 18.3. The second-order valence-corrected chi connectivity index (χ2v) is 22.7. The zero-order valence-electron chi connectivity index (χ0n) is 36.1. The summed E-state index contributed by atoms with van der Waals surface area (Å²) in [4.78, 5) is 0. The number of rotatable bonds is 13. The van der Waals surface area contributed by atoms with E-state index < -0.39 is 23.4 Å². The minimum absolute atomic E-state index is 0.402. The molecule has 0 N–H and O–H groups in total. The van der Waals surface area contributed by atoms with Gasteiger partial charge in [-0.1, -0.05) is 0 Å². The third-order valence-corrected chi connectivity index (χ3v) is 17.9. The Morgan fingerprint density at radius 2 is 0.732 bits per heavy atom. The molecule has 6 aromatic carbocycles. The average Bonchev–Trinajstić information content (AvgIpc) is 3.18. The molecule has 0 heterocycles. The van der Waals surface area contributed by atoms with E-state index in [4.69, 9.17) is 0 Å². The first kappa shape index (κ1) is 41.9. The van der Waals surface area contributed by atoms with Crippen molar-refractivity contribution in [3.05, 3.63) is 161 Å². The fraction of sp³-hybridized carbons (Fsp3) is 0.333. The van der Waals surface area contributed by atoms with Gasteiger partial charge in [0, 0.05) is 0 Å². The van der Waals surface area contributed by atoms with Crippen molar-refractivity contribution in [1.29, 1.82) is 0 Å². The Labute approximate surface area is 347 Å². The summed E-state index contributed by atoms with van der Waals surface area (Å²) in [7, 11) is -1.26. The van der Waals surface area contributed by atoms with Crippen LogP contribution < -0.4 is 24.7 Å². The summed E-state index contributed by atoms with van der Waals surface area (Å²) >= 11 is -0.858. The molecule has 6 rings (SSSR count). The molecular weight excluding hydrogens is 752 g/mol. The molecule has 0 spiro atoms. The van der Waals surface area contributed by atoms with Gasteiger partial charge in [0.05, 0.1) is 0 Å². The van der Waals surface area contributed by atoms with Gasteiger partial charge < -0.3 is 0 Å². The van der Waals surface area contributed by atoms with Crippen LogP contribution in [0.15, 0.2) is 127 Å². The number of benzene rings is 6. The Hall–Kier alpha value is -3.71. The van der Waals surface area contributed by atoms with Gasteiger partial charge >= 0.3 is 350 Å². The standard InChI is InChI=1S/C54H63GeP/c1-34(2)40-30-46(36(5)6)52(47(31-40)37(7)8)44-26-21-27-45(53-48(38(9)10)32-41(35(3)4)33-49(53)39(11)12)54(44)55-50-28-19-20-29-51(50)56(42-22-15-13-16-23-42)43-24-17-14-18-25-43/h13-39H,1-12H3/p+1. The third kappa shape index (κ3) is 8.88. The normalized spacial score (nSPS) is 12.1. The van der Waals surface area contributed by atoms with E-state index in [1.54, 1.807) is 8.79 Å². The first-order chi connectivity index (χ1) is 26.8. The van der Waals surface area contributed by atoms with Crippen molar-refractivity contribution < 1.29 is 0 Å². The van der Waals surface area contributed by atoms with Gasteiger partial charge in [0.25, 0.3) is 0 Å². The molecule has 288 valence electrons. The van der Waals surface area contributed by atoms with Crippen LogP contribution in [0.3, 0.4) is 0 Å². The zero-order chi connectivity index (χ0) is 40.3. The Kier molecular flexibility index (Phi) is 13.7. The van der Waals surface area contributed by atoms with Crippen molar-refractivity contribution >= 4 is 48.1 Å². The van der Waals surface area contributed by atoms with Gasteiger partial charge in [-0.25, -0.2) is 0 Å². The zero-order valence-corrected chi connectivity index (χ0v) is 39.2. The molecule has 2 heteroatoms. The van der Waals surface area contributed by atoms with Crippen LogP contribution >= 0.6 is 7.92 Å². The van der Waals surface area contributed by atoms with Crippen molar-refractivity contribution in [2.45, 2.75) is 119 Å². The summed E-state index contributed by atoms with van der Waals surface area (Å²) in [5.41, 5.74) is 14.7. The minimum atomic E-state index is -1.26. The molecule has 0 aromatic heterocycles. The van der Waals surface area contributed by atoms with Gasteiger partial charge in [-0.3, -0.25) is 0 Å². The first-order valence-electron chi connectivity index (χ1n) is 21.1. The maximum absolute atomic E-state index is 2.55. The molecule has 0 aliphatic rings. The van der Waals surface area contributed by atoms with Gasteiger partial charge in [0.1, 0.15) is 0 Å². The molecule has 0 aliphatic carbocycles. The van der Waals surface area contributed by atoms with E-state index in [2.05, 4.69) is 210 Å². The predicted octanol–water partition coefficient (Wildman–Crippen LogP) is 12.9. The first-order valence-corrected chi connectivity index (χ1v) is 24.7. The van der Waals surface area contributed by atoms with Crippen molar-refractivity contribution in [1.82, 2.24) is 0 Å². The number of hydrogen-bond acceptors (Lipinski definition) is 0. The molecule has 0 saturated carbocycles. The molecular formula is C54H64GeP+. The van der Waals surface area contributed by atoms with Gasteiger partial charge in [0.15, 0.2) is 0 Å². The molecule has 0 amide bonds. The second-order valence-electron chi connectivity index (χ2n) is 17.6.